The van der Waals surface area contributed by atoms with Gasteiger partial charge in [-0.1, -0.05) is 30.3 Å². The highest BCUT2D eigenvalue weighted by atomic mass is 16.5. The van der Waals surface area contributed by atoms with Gasteiger partial charge in [0, 0.05) is 25.2 Å². The van der Waals surface area contributed by atoms with E-state index in [9.17, 15) is 9.59 Å². The zero-order valence-corrected chi connectivity index (χ0v) is 14.1. The van der Waals surface area contributed by atoms with Crippen molar-refractivity contribution in [3.05, 3.63) is 60.2 Å². The first-order valence-electron chi connectivity index (χ1n) is 8.18. The zero-order chi connectivity index (χ0) is 17.6. The molecule has 0 aromatic heterocycles. The monoisotopic (exact) mass is 339 g/mol. The molecular formula is C19H21N3O3. The molecule has 0 saturated carbocycles. The molecule has 130 valence electrons. The van der Waals surface area contributed by atoms with Crippen molar-refractivity contribution < 1.29 is 14.3 Å². The summed E-state index contributed by atoms with van der Waals surface area (Å²) < 4.78 is 5.13. The van der Waals surface area contributed by atoms with E-state index in [0.717, 1.165) is 17.0 Å². The van der Waals surface area contributed by atoms with E-state index in [1.54, 1.807) is 12.0 Å². The molecule has 1 atom stereocenters. The average Bonchev–Trinajstić information content (AvgIpc) is 3.01. The van der Waals surface area contributed by atoms with E-state index < -0.39 is 0 Å². The molecule has 0 spiro atoms. The molecule has 0 unspecified atom stereocenters. The number of anilines is 1. The van der Waals surface area contributed by atoms with Crippen molar-refractivity contribution in [3.8, 4) is 5.75 Å². The number of nitrogens with zero attached hydrogens (tertiary/aromatic N) is 1. The number of amides is 3. The van der Waals surface area contributed by atoms with Gasteiger partial charge in [-0.2, -0.15) is 0 Å². The number of hydrogen-bond acceptors (Lipinski definition) is 3. The number of urea groups is 1. The average molecular weight is 339 g/mol. The molecular weight excluding hydrogens is 318 g/mol. The number of methoxy groups -OCH3 is 1. The summed E-state index contributed by atoms with van der Waals surface area (Å²) >= 11 is 0. The maximum Gasteiger partial charge on any atom is 0.315 e. The second-order valence-corrected chi connectivity index (χ2v) is 5.92. The van der Waals surface area contributed by atoms with Crippen LogP contribution in [-0.4, -0.2) is 31.6 Å². The Hall–Kier alpha value is -3.02. The number of rotatable bonds is 5. The number of nitrogens with one attached hydrogen (secondary N) is 2. The highest BCUT2D eigenvalue weighted by Gasteiger charge is 2.31. The van der Waals surface area contributed by atoms with Crippen molar-refractivity contribution in [2.24, 2.45) is 0 Å². The van der Waals surface area contributed by atoms with Crippen LogP contribution in [0.5, 0.6) is 5.75 Å². The van der Waals surface area contributed by atoms with E-state index in [2.05, 4.69) is 10.6 Å². The molecule has 3 rings (SSSR count). The van der Waals surface area contributed by atoms with E-state index in [0.29, 0.717) is 19.5 Å². The van der Waals surface area contributed by atoms with E-state index >= 15 is 0 Å². The van der Waals surface area contributed by atoms with Crippen LogP contribution >= 0.6 is 0 Å². The van der Waals surface area contributed by atoms with Gasteiger partial charge in [0.1, 0.15) is 5.75 Å². The third-order valence-corrected chi connectivity index (χ3v) is 4.14. The Morgan fingerprint density at radius 3 is 2.56 bits per heavy atom. The summed E-state index contributed by atoms with van der Waals surface area (Å²) in [6.45, 7) is 0.916. The summed E-state index contributed by atoms with van der Waals surface area (Å²) in [6.07, 6.45) is 0.296. The van der Waals surface area contributed by atoms with Gasteiger partial charge in [-0.05, 0) is 29.8 Å². The maximum absolute atomic E-state index is 12.2. The smallest absolute Gasteiger partial charge is 0.315 e. The van der Waals surface area contributed by atoms with Crippen LogP contribution in [-0.2, 0) is 11.3 Å². The van der Waals surface area contributed by atoms with E-state index in [1.165, 1.54) is 0 Å². The third kappa shape index (κ3) is 4.29. The molecule has 3 amide bonds. The van der Waals surface area contributed by atoms with Gasteiger partial charge in [0.05, 0.1) is 13.2 Å². The van der Waals surface area contributed by atoms with Crippen molar-refractivity contribution in [3.63, 3.8) is 0 Å². The van der Waals surface area contributed by atoms with Gasteiger partial charge in [-0.25, -0.2) is 4.79 Å². The lowest BCUT2D eigenvalue weighted by Crippen LogP contribution is -2.43. The fourth-order valence-corrected chi connectivity index (χ4v) is 2.83. The van der Waals surface area contributed by atoms with Crippen LogP contribution in [0.25, 0.3) is 0 Å². The zero-order valence-electron chi connectivity index (χ0n) is 14.1. The standard InChI is InChI=1S/C19H21N3O3/c1-25-17-9-7-16(8-10-17)22-13-15(11-18(22)23)21-19(24)20-12-14-5-3-2-4-6-14/h2-10,15H,11-13H2,1H3,(H2,20,21,24)/t15-/m0/s1. The van der Waals surface area contributed by atoms with Gasteiger partial charge >= 0.3 is 6.03 Å². The minimum Gasteiger partial charge on any atom is -0.497 e. The van der Waals surface area contributed by atoms with Crippen LogP contribution in [0.15, 0.2) is 54.6 Å². The maximum atomic E-state index is 12.2. The fourth-order valence-electron chi connectivity index (χ4n) is 2.83. The minimum absolute atomic E-state index is 0.00136. The van der Waals surface area contributed by atoms with Gasteiger partial charge in [-0.3, -0.25) is 4.79 Å². The third-order valence-electron chi connectivity index (χ3n) is 4.14. The van der Waals surface area contributed by atoms with Crippen molar-refractivity contribution in [1.82, 2.24) is 10.6 Å². The Kier molecular flexibility index (Phi) is 5.18. The van der Waals surface area contributed by atoms with Gasteiger partial charge in [-0.15, -0.1) is 0 Å². The van der Waals surface area contributed by atoms with Crippen LogP contribution in [0.2, 0.25) is 0 Å². The Balaban J connectivity index is 1.52. The Morgan fingerprint density at radius 2 is 1.88 bits per heavy atom. The molecule has 1 saturated heterocycles. The highest BCUT2D eigenvalue weighted by Crippen LogP contribution is 2.24. The molecule has 1 heterocycles. The Morgan fingerprint density at radius 1 is 1.16 bits per heavy atom. The molecule has 0 bridgehead atoms. The number of benzene rings is 2. The predicted octanol–water partition coefficient (Wildman–Crippen LogP) is 2.30. The quantitative estimate of drug-likeness (QED) is 0.878. The summed E-state index contributed by atoms with van der Waals surface area (Å²) in [5.74, 6) is 0.740. The van der Waals surface area contributed by atoms with Crippen molar-refractivity contribution in [1.29, 1.82) is 0 Å². The van der Waals surface area contributed by atoms with Crippen LogP contribution in [0.1, 0.15) is 12.0 Å². The first-order valence-corrected chi connectivity index (χ1v) is 8.18. The van der Waals surface area contributed by atoms with E-state index in [4.69, 9.17) is 4.74 Å². The van der Waals surface area contributed by atoms with E-state index in [-0.39, 0.29) is 18.0 Å². The topological polar surface area (TPSA) is 70.7 Å². The lowest BCUT2D eigenvalue weighted by atomic mass is 10.2. The number of carbonyl (C=O) groups excluding carboxylic acids is 2. The van der Waals surface area contributed by atoms with Gasteiger partial charge in [0.15, 0.2) is 0 Å². The minimum atomic E-state index is -0.266. The van der Waals surface area contributed by atoms with Gasteiger partial charge < -0.3 is 20.3 Å². The molecule has 2 aromatic rings. The SMILES string of the molecule is COc1ccc(N2C[C@@H](NC(=O)NCc3ccccc3)CC2=O)cc1. The lowest BCUT2D eigenvalue weighted by Gasteiger charge is -2.17. The molecule has 1 aliphatic rings. The number of carbonyl (C=O) groups is 2. The summed E-state index contributed by atoms with van der Waals surface area (Å²) in [5, 5.41) is 5.68. The number of hydrogen-bond donors (Lipinski definition) is 2. The van der Waals surface area contributed by atoms with Crippen LogP contribution in [0, 0.1) is 0 Å². The van der Waals surface area contributed by atoms with Gasteiger partial charge in [0.25, 0.3) is 0 Å². The van der Waals surface area contributed by atoms with Crippen LogP contribution < -0.4 is 20.3 Å². The first kappa shape index (κ1) is 16.8. The molecule has 2 aromatic carbocycles. The Bertz CT molecular complexity index is 731. The van der Waals surface area contributed by atoms with Gasteiger partial charge in [0.2, 0.25) is 5.91 Å². The summed E-state index contributed by atoms with van der Waals surface area (Å²) in [6, 6.07) is 16.5. The summed E-state index contributed by atoms with van der Waals surface area (Å²) in [7, 11) is 1.60. The number of ether oxygens (including phenoxy) is 1. The highest BCUT2D eigenvalue weighted by molar-refractivity contribution is 5.96. The normalized spacial score (nSPS) is 16.6. The largest absolute Gasteiger partial charge is 0.497 e. The molecule has 25 heavy (non-hydrogen) atoms. The molecule has 6 heteroatoms. The van der Waals surface area contributed by atoms with Crippen molar-refractivity contribution in [2.45, 2.75) is 19.0 Å². The van der Waals surface area contributed by atoms with E-state index in [1.807, 2.05) is 54.6 Å². The molecule has 0 radical (unpaired) electrons. The molecule has 1 aliphatic heterocycles. The second-order valence-electron chi connectivity index (χ2n) is 5.92. The fraction of sp³-hybridized carbons (Fsp3) is 0.263. The predicted molar refractivity (Wildman–Crippen MR) is 95.6 cm³/mol. The molecule has 1 fully saturated rings. The van der Waals surface area contributed by atoms with Crippen LogP contribution in [0.3, 0.4) is 0 Å². The van der Waals surface area contributed by atoms with Crippen molar-refractivity contribution in [2.75, 3.05) is 18.6 Å². The molecule has 0 aliphatic carbocycles. The first-order chi connectivity index (χ1) is 12.2. The Labute approximate surface area is 146 Å². The summed E-state index contributed by atoms with van der Waals surface area (Å²) in [4.78, 5) is 25.9. The lowest BCUT2D eigenvalue weighted by molar-refractivity contribution is -0.117. The summed E-state index contributed by atoms with van der Waals surface area (Å²) in [5.41, 5.74) is 1.83. The van der Waals surface area contributed by atoms with Crippen molar-refractivity contribution >= 4 is 17.6 Å². The second kappa shape index (κ2) is 7.70. The van der Waals surface area contributed by atoms with Crippen LogP contribution in [0.4, 0.5) is 10.5 Å². The molecule has 6 nitrogen and oxygen atoms in total. The molecule has 2 N–H and O–H groups in total.